The van der Waals surface area contributed by atoms with Crippen molar-refractivity contribution in [1.82, 2.24) is 14.8 Å². The van der Waals surface area contributed by atoms with Crippen LogP contribution in [-0.4, -0.2) is 37.0 Å². The Morgan fingerprint density at radius 3 is 2.41 bits per heavy atom. The summed E-state index contributed by atoms with van der Waals surface area (Å²) in [7, 11) is -1.20. The van der Waals surface area contributed by atoms with Gasteiger partial charge in [0.05, 0.1) is 21.0 Å². The fourth-order valence-electron chi connectivity index (χ4n) is 3.49. The second kappa shape index (κ2) is 9.40. The fraction of sp³-hybridized carbons (Fsp3) is 0.120. The quantitative estimate of drug-likeness (QED) is 0.464. The molecule has 0 fully saturated rings. The maximum Gasteiger partial charge on any atom is 0.286 e. The molecule has 4 rings (SSSR count). The summed E-state index contributed by atoms with van der Waals surface area (Å²) in [6.45, 7) is 1.82. The van der Waals surface area contributed by atoms with Gasteiger partial charge in [-0.2, -0.15) is 9.46 Å². The highest BCUT2D eigenvalue weighted by Crippen LogP contribution is 2.28. The minimum atomic E-state index is -2.91. The Kier molecular flexibility index (Phi) is 6.38. The molecule has 2 aromatic heterocycles. The van der Waals surface area contributed by atoms with E-state index in [4.69, 9.17) is 0 Å². The zero-order valence-corrected chi connectivity index (χ0v) is 19.7. The van der Waals surface area contributed by atoms with Gasteiger partial charge in [0.15, 0.2) is 0 Å². The molecule has 4 aromatic rings. The smallest absolute Gasteiger partial charge is 0.286 e. The molecule has 0 aliphatic carbocycles. The van der Waals surface area contributed by atoms with Crippen LogP contribution in [-0.2, 0) is 16.8 Å². The molecule has 1 atom stereocenters. The third kappa shape index (κ3) is 4.94. The van der Waals surface area contributed by atoms with Gasteiger partial charge in [0, 0.05) is 47.4 Å². The van der Waals surface area contributed by atoms with Crippen molar-refractivity contribution in [1.29, 1.82) is 0 Å². The Morgan fingerprint density at radius 1 is 1.00 bits per heavy atom. The number of benzene rings is 2. The van der Waals surface area contributed by atoms with Crippen LogP contribution in [0.3, 0.4) is 0 Å². The highest BCUT2D eigenvalue weighted by Gasteiger charge is 2.16. The van der Waals surface area contributed by atoms with Crippen LogP contribution in [0.4, 0.5) is 5.69 Å². The van der Waals surface area contributed by atoms with Gasteiger partial charge in [0.2, 0.25) is 0 Å². The van der Waals surface area contributed by atoms with Gasteiger partial charge in [0.1, 0.15) is 5.69 Å². The summed E-state index contributed by atoms with van der Waals surface area (Å²) in [4.78, 5) is 30.3. The molecular weight excluding hydrogens is 450 g/mol. The monoisotopic (exact) mass is 473 g/mol. The Labute approximate surface area is 197 Å². The number of pyridine rings is 1. The molecular formula is C25H23N5O3S. The van der Waals surface area contributed by atoms with Crippen LogP contribution in [0.2, 0.25) is 0 Å². The van der Waals surface area contributed by atoms with Crippen molar-refractivity contribution in [2.45, 2.75) is 11.8 Å². The topological polar surface area (TPSA) is 106 Å². The average Bonchev–Trinajstić information content (AvgIpc) is 3.17. The van der Waals surface area contributed by atoms with Gasteiger partial charge in [-0.1, -0.05) is 36.4 Å². The Morgan fingerprint density at radius 2 is 1.71 bits per heavy atom. The van der Waals surface area contributed by atoms with Gasteiger partial charge in [-0.25, -0.2) is 4.21 Å². The molecule has 0 unspecified atom stereocenters. The normalized spacial score (nSPS) is 12.6. The van der Waals surface area contributed by atoms with E-state index in [1.54, 1.807) is 67.8 Å². The Bertz CT molecular complexity index is 1500. The molecule has 1 N–H and O–H groups in total. The lowest BCUT2D eigenvalue weighted by Gasteiger charge is -2.12. The molecule has 8 nitrogen and oxygen atoms in total. The van der Waals surface area contributed by atoms with Gasteiger partial charge < -0.3 is 5.32 Å². The van der Waals surface area contributed by atoms with Crippen molar-refractivity contribution in [3.05, 3.63) is 96.1 Å². The summed E-state index contributed by atoms with van der Waals surface area (Å²) in [6.07, 6.45) is 4.41. The van der Waals surface area contributed by atoms with Gasteiger partial charge in [0.25, 0.3) is 11.8 Å². The Hall–Kier alpha value is -4.11. The number of para-hydroxylation sites is 1. The maximum atomic E-state index is 13.0. The fourth-order valence-corrected chi connectivity index (χ4v) is 4.68. The second-order valence-electron chi connectivity index (χ2n) is 7.77. The predicted octanol–water partition coefficient (Wildman–Crippen LogP) is 4.34. The standard InChI is InChI=1S/C25H23N5O3S/c1-17-13-23(30(2)28-17)25(32)27-22-12-8-7-11-21(22)18-14-19(16-26-15-18)24(31)29-34(3,33)20-9-5-4-6-10-20/h4-16H,1-3H3,(H,27,32)/t34-/m0/s1. The number of aromatic nitrogens is 3. The van der Waals surface area contributed by atoms with Crippen LogP contribution >= 0.6 is 0 Å². The molecule has 0 bridgehead atoms. The number of hydrogen-bond donors (Lipinski definition) is 1. The summed E-state index contributed by atoms with van der Waals surface area (Å²) in [5, 5.41) is 7.12. The van der Waals surface area contributed by atoms with E-state index in [1.165, 1.54) is 17.1 Å². The predicted molar refractivity (Wildman–Crippen MR) is 131 cm³/mol. The van der Waals surface area contributed by atoms with Gasteiger partial charge in [-0.05, 0) is 37.3 Å². The molecule has 2 heterocycles. The van der Waals surface area contributed by atoms with E-state index in [-0.39, 0.29) is 11.5 Å². The first-order valence-electron chi connectivity index (χ1n) is 10.4. The van der Waals surface area contributed by atoms with Crippen molar-refractivity contribution < 1.29 is 13.8 Å². The first-order valence-corrected chi connectivity index (χ1v) is 12.3. The van der Waals surface area contributed by atoms with Crippen molar-refractivity contribution in [2.24, 2.45) is 11.4 Å². The molecule has 0 saturated carbocycles. The van der Waals surface area contributed by atoms with Crippen LogP contribution < -0.4 is 5.32 Å². The summed E-state index contributed by atoms with van der Waals surface area (Å²) in [5.74, 6) is -0.933. The molecule has 0 aliphatic rings. The molecule has 0 saturated heterocycles. The van der Waals surface area contributed by atoms with Crippen molar-refractivity contribution in [3.63, 3.8) is 0 Å². The first kappa shape index (κ1) is 23.1. The number of amides is 2. The van der Waals surface area contributed by atoms with E-state index in [0.29, 0.717) is 27.4 Å². The molecule has 34 heavy (non-hydrogen) atoms. The third-order valence-corrected chi connectivity index (χ3v) is 6.80. The van der Waals surface area contributed by atoms with Crippen LogP contribution in [0.25, 0.3) is 11.1 Å². The van der Waals surface area contributed by atoms with Gasteiger partial charge in [-0.3, -0.25) is 19.3 Å². The number of aryl methyl sites for hydroxylation is 2. The highest BCUT2D eigenvalue weighted by molar-refractivity contribution is 7.93. The molecule has 0 spiro atoms. The number of rotatable bonds is 5. The van der Waals surface area contributed by atoms with E-state index in [2.05, 4.69) is 19.8 Å². The number of hydrogen-bond acceptors (Lipinski definition) is 5. The largest absolute Gasteiger partial charge is 0.320 e. The third-order valence-electron chi connectivity index (χ3n) is 5.14. The first-order chi connectivity index (χ1) is 16.2. The lowest BCUT2D eigenvalue weighted by molar-refractivity contribution is 0.0999. The van der Waals surface area contributed by atoms with Gasteiger partial charge in [-0.15, -0.1) is 0 Å². The maximum absolute atomic E-state index is 13.0. The minimum absolute atomic E-state index is 0.200. The van der Waals surface area contributed by atoms with Crippen molar-refractivity contribution in [2.75, 3.05) is 11.6 Å². The van der Waals surface area contributed by atoms with Crippen LogP contribution in [0, 0.1) is 6.92 Å². The number of nitrogens with one attached hydrogen (secondary N) is 1. The van der Waals surface area contributed by atoms with Crippen LogP contribution in [0.5, 0.6) is 0 Å². The number of carbonyl (C=O) groups is 2. The van der Waals surface area contributed by atoms with Gasteiger partial charge >= 0.3 is 0 Å². The SMILES string of the molecule is Cc1cc(C(=O)Nc2ccccc2-c2cncc(C(=O)N=[S@@](C)(=O)c3ccccc3)c2)n(C)n1. The van der Waals surface area contributed by atoms with Crippen LogP contribution in [0.15, 0.2) is 88.4 Å². The number of nitrogens with zero attached hydrogens (tertiary/aromatic N) is 4. The van der Waals surface area contributed by atoms with E-state index in [0.717, 1.165) is 5.69 Å². The molecule has 2 aromatic carbocycles. The molecule has 172 valence electrons. The molecule has 0 aliphatic heterocycles. The van der Waals surface area contributed by atoms with E-state index in [1.807, 2.05) is 19.1 Å². The van der Waals surface area contributed by atoms with Crippen molar-refractivity contribution >= 4 is 27.2 Å². The lowest BCUT2D eigenvalue weighted by atomic mass is 10.0. The average molecular weight is 474 g/mol. The minimum Gasteiger partial charge on any atom is -0.320 e. The van der Waals surface area contributed by atoms with E-state index >= 15 is 0 Å². The zero-order chi connectivity index (χ0) is 24.3. The number of anilines is 1. The van der Waals surface area contributed by atoms with Crippen LogP contribution in [0.1, 0.15) is 26.5 Å². The van der Waals surface area contributed by atoms with E-state index in [9.17, 15) is 13.8 Å². The Balaban J connectivity index is 1.66. The molecule has 9 heteroatoms. The summed E-state index contributed by atoms with van der Waals surface area (Å²) in [6, 6.07) is 19.2. The second-order valence-corrected chi connectivity index (χ2v) is 10.0. The molecule has 2 amide bonds. The summed E-state index contributed by atoms with van der Waals surface area (Å²) in [5.41, 5.74) is 3.21. The lowest BCUT2D eigenvalue weighted by Crippen LogP contribution is -2.16. The summed E-state index contributed by atoms with van der Waals surface area (Å²) >= 11 is 0. The summed E-state index contributed by atoms with van der Waals surface area (Å²) < 4.78 is 18.5. The number of carbonyl (C=O) groups excluding carboxylic acids is 2. The van der Waals surface area contributed by atoms with Crippen molar-refractivity contribution in [3.8, 4) is 11.1 Å². The van der Waals surface area contributed by atoms with E-state index < -0.39 is 15.6 Å². The highest BCUT2D eigenvalue weighted by atomic mass is 32.2. The zero-order valence-electron chi connectivity index (χ0n) is 18.9. The molecule has 0 radical (unpaired) electrons.